The van der Waals surface area contributed by atoms with Crippen molar-refractivity contribution in [3.05, 3.63) is 0 Å². The molecule has 0 spiro atoms. The Morgan fingerprint density at radius 3 is 2.20 bits per heavy atom. The lowest BCUT2D eigenvalue weighted by Gasteiger charge is -2.25. The van der Waals surface area contributed by atoms with E-state index >= 15 is 0 Å². The van der Waals surface area contributed by atoms with Gasteiger partial charge in [0.15, 0.2) is 0 Å². The van der Waals surface area contributed by atoms with Gasteiger partial charge in [0.25, 0.3) is 0 Å². The van der Waals surface area contributed by atoms with E-state index in [1.807, 2.05) is 0 Å². The van der Waals surface area contributed by atoms with Crippen molar-refractivity contribution in [3.63, 3.8) is 0 Å². The number of ether oxygens (including phenoxy) is 1. The van der Waals surface area contributed by atoms with Crippen molar-refractivity contribution in [1.29, 1.82) is 0 Å². The van der Waals surface area contributed by atoms with E-state index in [1.165, 1.54) is 19.3 Å². The maximum Gasteiger partial charge on any atom is 0.0625 e. The average molecular weight is 215 g/mol. The van der Waals surface area contributed by atoms with Crippen LogP contribution in [-0.2, 0) is 4.74 Å². The number of hydrogen-bond donors (Lipinski definition) is 1. The molecule has 0 saturated heterocycles. The molecule has 0 amide bonds. The van der Waals surface area contributed by atoms with E-state index < -0.39 is 0 Å². The molecule has 0 rings (SSSR count). The number of hydrogen-bond acceptors (Lipinski definition) is 2. The van der Waals surface area contributed by atoms with E-state index in [-0.39, 0.29) is 0 Å². The monoisotopic (exact) mass is 215 g/mol. The molecule has 0 saturated carbocycles. The van der Waals surface area contributed by atoms with Crippen molar-refractivity contribution in [2.75, 3.05) is 13.2 Å². The summed E-state index contributed by atoms with van der Waals surface area (Å²) in [5.41, 5.74) is 0. The minimum atomic E-state index is 0.338. The van der Waals surface area contributed by atoms with Crippen molar-refractivity contribution in [2.24, 2.45) is 5.92 Å². The molecule has 0 aromatic carbocycles. The zero-order chi connectivity index (χ0) is 11.7. The summed E-state index contributed by atoms with van der Waals surface area (Å²) in [5.74, 6) is 0.709. The third-order valence-electron chi connectivity index (χ3n) is 2.70. The van der Waals surface area contributed by atoms with Gasteiger partial charge in [-0.2, -0.15) is 0 Å². The predicted molar refractivity (Wildman–Crippen MR) is 67.2 cm³/mol. The molecule has 0 aromatic rings. The third-order valence-corrected chi connectivity index (χ3v) is 2.70. The highest BCUT2D eigenvalue weighted by molar-refractivity contribution is 4.73. The van der Waals surface area contributed by atoms with E-state index in [1.54, 1.807) is 0 Å². The molecular weight excluding hydrogens is 186 g/mol. The highest BCUT2D eigenvalue weighted by Crippen LogP contribution is 2.11. The zero-order valence-corrected chi connectivity index (χ0v) is 11.2. The molecule has 0 fully saturated rings. The Morgan fingerprint density at radius 1 is 1.07 bits per heavy atom. The van der Waals surface area contributed by atoms with Crippen LogP contribution in [0.3, 0.4) is 0 Å². The van der Waals surface area contributed by atoms with Crippen molar-refractivity contribution in [2.45, 2.75) is 66.0 Å². The quantitative estimate of drug-likeness (QED) is 0.637. The highest BCUT2D eigenvalue weighted by Gasteiger charge is 2.16. The smallest absolute Gasteiger partial charge is 0.0625 e. The normalized spacial score (nSPS) is 15.6. The van der Waals surface area contributed by atoms with E-state index in [9.17, 15) is 0 Å². The van der Waals surface area contributed by atoms with Crippen LogP contribution in [0, 0.1) is 5.92 Å². The summed E-state index contributed by atoms with van der Waals surface area (Å²) in [4.78, 5) is 0. The van der Waals surface area contributed by atoms with Crippen LogP contribution in [0.25, 0.3) is 0 Å². The molecule has 2 nitrogen and oxygen atoms in total. The lowest BCUT2D eigenvalue weighted by atomic mass is 9.97. The minimum Gasteiger partial charge on any atom is -0.377 e. The molecule has 0 aliphatic heterocycles. The first-order valence-electron chi connectivity index (χ1n) is 6.46. The van der Waals surface area contributed by atoms with E-state index in [0.29, 0.717) is 18.1 Å². The number of nitrogens with one attached hydrogen (secondary N) is 1. The Morgan fingerprint density at radius 2 is 1.73 bits per heavy atom. The molecule has 0 bridgehead atoms. The van der Waals surface area contributed by atoms with Crippen LogP contribution in [-0.4, -0.2) is 25.3 Å². The second kappa shape index (κ2) is 9.17. The fraction of sp³-hybridized carbons (Fsp3) is 1.00. The standard InChI is InChI=1S/C13H29NO/c1-6-8-12(5)13(14-9-7-2)10-15-11(3)4/h11-14H,6-10H2,1-5H3. The SMILES string of the molecule is CCCNC(COC(C)C)C(C)CCC. The molecule has 0 aliphatic carbocycles. The average Bonchev–Trinajstić information content (AvgIpc) is 2.17. The van der Waals surface area contributed by atoms with Gasteiger partial charge >= 0.3 is 0 Å². The van der Waals surface area contributed by atoms with Crippen LogP contribution in [0.4, 0.5) is 0 Å². The first-order chi connectivity index (χ1) is 7.11. The summed E-state index contributed by atoms with van der Waals surface area (Å²) in [6.45, 7) is 12.9. The molecule has 2 unspecified atom stereocenters. The second-order valence-electron chi connectivity index (χ2n) is 4.71. The summed E-state index contributed by atoms with van der Waals surface area (Å²) >= 11 is 0. The van der Waals surface area contributed by atoms with Gasteiger partial charge in [0.05, 0.1) is 12.7 Å². The summed E-state index contributed by atoms with van der Waals surface area (Å²) in [5, 5.41) is 3.58. The largest absolute Gasteiger partial charge is 0.377 e. The fourth-order valence-corrected chi connectivity index (χ4v) is 1.71. The van der Waals surface area contributed by atoms with Gasteiger partial charge in [-0.15, -0.1) is 0 Å². The third kappa shape index (κ3) is 7.80. The van der Waals surface area contributed by atoms with E-state index in [4.69, 9.17) is 4.74 Å². The first-order valence-corrected chi connectivity index (χ1v) is 6.46. The van der Waals surface area contributed by atoms with Gasteiger partial charge in [0.1, 0.15) is 0 Å². The Hall–Kier alpha value is -0.0800. The van der Waals surface area contributed by atoms with Gasteiger partial charge in [-0.25, -0.2) is 0 Å². The van der Waals surface area contributed by atoms with Gasteiger partial charge in [0, 0.05) is 6.04 Å². The van der Waals surface area contributed by atoms with Crippen molar-refractivity contribution < 1.29 is 4.74 Å². The molecule has 0 aliphatic rings. The van der Waals surface area contributed by atoms with Crippen LogP contribution in [0.5, 0.6) is 0 Å². The Labute approximate surface area is 95.8 Å². The summed E-state index contributed by atoms with van der Waals surface area (Å²) in [6.07, 6.45) is 4.07. The van der Waals surface area contributed by atoms with Gasteiger partial charge in [-0.3, -0.25) is 0 Å². The Kier molecular flexibility index (Phi) is 9.12. The van der Waals surface area contributed by atoms with Crippen molar-refractivity contribution >= 4 is 0 Å². The summed E-state index contributed by atoms with van der Waals surface area (Å²) < 4.78 is 5.71. The first kappa shape index (κ1) is 14.9. The Bertz CT molecular complexity index is 136. The summed E-state index contributed by atoms with van der Waals surface area (Å²) in [6, 6.07) is 0.521. The van der Waals surface area contributed by atoms with Crippen LogP contribution in [0.1, 0.15) is 53.9 Å². The molecule has 15 heavy (non-hydrogen) atoms. The van der Waals surface area contributed by atoms with Crippen molar-refractivity contribution in [3.8, 4) is 0 Å². The van der Waals surface area contributed by atoms with Crippen LogP contribution >= 0.6 is 0 Å². The van der Waals surface area contributed by atoms with E-state index in [0.717, 1.165) is 13.2 Å². The topological polar surface area (TPSA) is 21.3 Å². The van der Waals surface area contributed by atoms with E-state index in [2.05, 4.69) is 39.9 Å². The fourth-order valence-electron chi connectivity index (χ4n) is 1.71. The number of rotatable bonds is 9. The molecule has 0 radical (unpaired) electrons. The molecule has 92 valence electrons. The van der Waals surface area contributed by atoms with Gasteiger partial charge in [-0.1, -0.05) is 27.2 Å². The molecule has 0 aromatic heterocycles. The summed E-state index contributed by atoms with van der Waals surface area (Å²) in [7, 11) is 0. The lowest BCUT2D eigenvalue weighted by molar-refractivity contribution is 0.0490. The predicted octanol–water partition coefficient (Wildman–Crippen LogP) is 3.22. The van der Waals surface area contributed by atoms with Crippen LogP contribution in [0.2, 0.25) is 0 Å². The van der Waals surface area contributed by atoms with Gasteiger partial charge in [-0.05, 0) is 39.2 Å². The molecular formula is C13H29NO. The lowest BCUT2D eigenvalue weighted by Crippen LogP contribution is -2.40. The maximum atomic E-state index is 5.71. The zero-order valence-electron chi connectivity index (χ0n) is 11.2. The molecule has 2 atom stereocenters. The maximum absolute atomic E-state index is 5.71. The van der Waals surface area contributed by atoms with Crippen LogP contribution in [0.15, 0.2) is 0 Å². The van der Waals surface area contributed by atoms with Gasteiger partial charge < -0.3 is 10.1 Å². The molecule has 2 heteroatoms. The van der Waals surface area contributed by atoms with Crippen molar-refractivity contribution in [1.82, 2.24) is 5.32 Å². The van der Waals surface area contributed by atoms with Gasteiger partial charge in [0.2, 0.25) is 0 Å². The molecule has 0 heterocycles. The highest BCUT2D eigenvalue weighted by atomic mass is 16.5. The minimum absolute atomic E-state index is 0.338. The second-order valence-corrected chi connectivity index (χ2v) is 4.71. The Balaban J connectivity index is 3.92. The molecule has 1 N–H and O–H groups in total. The van der Waals surface area contributed by atoms with Crippen LogP contribution < -0.4 is 5.32 Å².